The predicted molar refractivity (Wildman–Crippen MR) is 72.5 cm³/mol. The van der Waals surface area contributed by atoms with E-state index in [1.54, 1.807) is 6.92 Å². The van der Waals surface area contributed by atoms with Crippen LogP contribution >= 0.6 is 0 Å². The smallest absolute Gasteiger partial charge is 0.329 e. The van der Waals surface area contributed by atoms with E-state index in [9.17, 15) is 24.9 Å². The minimum atomic E-state index is -1.49. The molecule has 0 heterocycles. The van der Waals surface area contributed by atoms with Crippen molar-refractivity contribution in [2.75, 3.05) is 0 Å². The maximum Gasteiger partial charge on any atom is 0.329 e. The van der Waals surface area contributed by atoms with Crippen LogP contribution in [-0.2, 0) is 16.0 Å². The van der Waals surface area contributed by atoms with Crippen LogP contribution in [-0.4, -0.2) is 32.7 Å². The van der Waals surface area contributed by atoms with Gasteiger partial charge in [-0.2, -0.15) is 0 Å². The van der Waals surface area contributed by atoms with Crippen molar-refractivity contribution in [2.45, 2.75) is 25.3 Å². The number of aromatic hydroxyl groups is 2. The lowest BCUT2D eigenvalue weighted by Crippen LogP contribution is -2.55. The molecule has 1 rings (SSSR count). The van der Waals surface area contributed by atoms with Crippen LogP contribution in [0.3, 0.4) is 0 Å². The van der Waals surface area contributed by atoms with Crippen LogP contribution in [0.2, 0.25) is 0 Å². The highest BCUT2D eigenvalue weighted by Gasteiger charge is 2.38. The van der Waals surface area contributed by atoms with Gasteiger partial charge in [0, 0.05) is 6.42 Å². The number of hydrogen-bond donors (Lipinski definition) is 4. The van der Waals surface area contributed by atoms with Crippen LogP contribution < -0.4 is 5.32 Å². The van der Waals surface area contributed by atoms with Crippen LogP contribution in [0.4, 0.5) is 0 Å². The molecule has 1 atom stereocenters. The van der Waals surface area contributed by atoms with Crippen LogP contribution in [0.5, 0.6) is 11.5 Å². The van der Waals surface area contributed by atoms with Crippen molar-refractivity contribution in [1.29, 1.82) is 0 Å². The number of nitrogens with one attached hydrogen (secondary N) is 1. The number of rotatable bonds is 6. The number of amides is 1. The molecule has 108 valence electrons. The Labute approximate surface area is 116 Å². The SMILES string of the molecule is C=CC(=O)NC(CC)(Cc1ccc(O)c(O)c1)C(=O)O. The van der Waals surface area contributed by atoms with E-state index in [0.717, 1.165) is 6.08 Å². The summed E-state index contributed by atoms with van der Waals surface area (Å²) in [7, 11) is 0. The van der Waals surface area contributed by atoms with Crippen molar-refractivity contribution in [3.8, 4) is 11.5 Å². The topological polar surface area (TPSA) is 107 Å². The molecule has 1 aromatic carbocycles. The molecule has 0 saturated heterocycles. The van der Waals surface area contributed by atoms with E-state index in [2.05, 4.69) is 11.9 Å². The number of aliphatic carboxylic acids is 1. The second kappa shape index (κ2) is 6.10. The molecule has 4 N–H and O–H groups in total. The third-order valence-electron chi connectivity index (χ3n) is 3.11. The molecule has 0 aliphatic carbocycles. The summed E-state index contributed by atoms with van der Waals surface area (Å²) in [5.74, 6) is -2.39. The molecule has 20 heavy (non-hydrogen) atoms. The molecule has 1 amide bonds. The molecule has 6 nitrogen and oxygen atoms in total. The van der Waals surface area contributed by atoms with Crippen molar-refractivity contribution in [3.63, 3.8) is 0 Å². The van der Waals surface area contributed by atoms with Gasteiger partial charge in [0.05, 0.1) is 0 Å². The third kappa shape index (κ3) is 3.28. The number of carbonyl (C=O) groups is 2. The molecule has 0 aliphatic rings. The maximum atomic E-state index is 11.5. The van der Waals surface area contributed by atoms with Gasteiger partial charge in [0.1, 0.15) is 5.54 Å². The maximum absolute atomic E-state index is 11.5. The van der Waals surface area contributed by atoms with Gasteiger partial charge in [-0.3, -0.25) is 4.79 Å². The monoisotopic (exact) mass is 279 g/mol. The zero-order chi connectivity index (χ0) is 15.3. The first-order valence-electron chi connectivity index (χ1n) is 6.03. The molecular weight excluding hydrogens is 262 g/mol. The zero-order valence-corrected chi connectivity index (χ0v) is 11.1. The molecule has 0 fully saturated rings. The molecule has 0 radical (unpaired) electrons. The van der Waals surface area contributed by atoms with Gasteiger partial charge in [-0.05, 0) is 30.2 Å². The fourth-order valence-electron chi connectivity index (χ4n) is 1.85. The number of carbonyl (C=O) groups excluding carboxylic acids is 1. The Hall–Kier alpha value is -2.50. The summed E-state index contributed by atoms with van der Waals surface area (Å²) in [6.45, 7) is 4.93. The molecule has 0 aromatic heterocycles. The first kappa shape index (κ1) is 15.6. The van der Waals surface area contributed by atoms with Gasteiger partial charge >= 0.3 is 5.97 Å². The quantitative estimate of drug-likeness (QED) is 0.462. The average molecular weight is 279 g/mol. The normalized spacial score (nSPS) is 13.2. The van der Waals surface area contributed by atoms with Gasteiger partial charge in [-0.15, -0.1) is 0 Å². The van der Waals surface area contributed by atoms with Crippen molar-refractivity contribution in [1.82, 2.24) is 5.32 Å². The largest absolute Gasteiger partial charge is 0.504 e. The van der Waals surface area contributed by atoms with E-state index in [0.29, 0.717) is 5.56 Å². The fraction of sp³-hybridized carbons (Fsp3) is 0.286. The Morgan fingerprint density at radius 2 is 2.00 bits per heavy atom. The van der Waals surface area contributed by atoms with Gasteiger partial charge in [-0.25, -0.2) is 4.79 Å². The summed E-state index contributed by atoms with van der Waals surface area (Å²) in [6.07, 6.45) is 1.14. The van der Waals surface area contributed by atoms with Crippen molar-refractivity contribution in [2.24, 2.45) is 0 Å². The predicted octanol–water partition coefficient (Wildman–Crippen LogP) is 1.18. The van der Waals surface area contributed by atoms with Crippen LogP contribution in [0.15, 0.2) is 30.9 Å². The van der Waals surface area contributed by atoms with Gasteiger partial charge in [0.2, 0.25) is 5.91 Å². The summed E-state index contributed by atoms with van der Waals surface area (Å²) in [5, 5.41) is 30.5. The summed E-state index contributed by atoms with van der Waals surface area (Å²) >= 11 is 0. The Bertz CT molecular complexity index is 540. The molecule has 1 aromatic rings. The Morgan fingerprint density at radius 3 is 2.45 bits per heavy atom. The lowest BCUT2D eigenvalue weighted by Gasteiger charge is -2.29. The van der Waals surface area contributed by atoms with Gasteiger partial charge in [-0.1, -0.05) is 19.6 Å². The standard InChI is InChI=1S/C14H17NO5/c1-3-12(18)15-14(4-2,13(19)20)8-9-5-6-10(16)11(17)7-9/h3,5-7,16-17H,1,4,8H2,2H3,(H,15,18)(H,19,20). The summed E-state index contributed by atoms with van der Waals surface area (Å²) in [6, 6.07) is 4.02. The van der Waals surface area contributed by atoms with Gasteiger partial charge in [0.15, 0.2) is 11.5 Å². The van der Waals surface area contributed by atoms with Crippen LogP contribution in [0.1, 0.15) is 18.9 Å². The number of carboxylic acid groups (broad SMARTS) is 1. The number of hydrogen-bond acceptors (Lipinski definition) is 4. The van der Waals surface area contributed by atoms with E-state index < -0.39 is 17.4 Å². The fourth-order valence-corrected chi connectivity index (χ4v) is 1.85. The summed E-state index contributed by atoms with van der Waals surface area (Å²) in [4.78, 5) is 22.9. The zero-order valence-electron chi connectivity index (χ0n) is 11.1. The number of benzene rings is 1. The highest BCUT2D eigenvalue weighted by atomic mass is 16.4. The lowest BCUT2D eigenvalue weighted by molar-refractivity contribution is -0.147. The second-order valence-electron chi connectivity index (χ2n) is 4.43. The molecule has 6 heteroatoms. The minimum absolute atomic E-state index is 0.0216. The first-order chi connectivity index (χ1) is 9.34. The Kier molecular flexibility index (Phi) is 4.74. The van der Waals surface area contributed by atoms with Crippen molar-refractivity contribution in [3.05, 3.63) is 36.4 Å². The van der Waals surface area contributed by atoms with E-state index >= 15 is 0 Å². The van der Waals surface area contributed by atoms with Crippen LogP contribution in [0, 0.1) is 0 Å². The second-order valence-corrected chi connectivity index (χ2v) is 4.43. The van der Waals surface area contributed by atoms with Crippen LogP contribution in [0.25, 0.3) is 0 Å². The molecule has 0 spiro atoms. The van der Waals surface area contributed by atoms with Gasteiger partial charge < -0.3 is 20.6 Å². The highest BCUT2D eigenvalue weighted by molar-refractivity contribution is 5.92. The van der Waals surface area contributed by atoms with Crippen molar-refractivity contribution >= 4 is 11.9 Å². The average Bonchev–Trinajstić information content (AvgIpc) is 2.41. The Morgan fingerprint density at radius 1 is 1.35 bits per heavy atom. The van der Waals surface area contributed by atoms with E-state index in [1.165, 1.54) is 18.2 Å². The van der Waals surface area contributed by atoms with Gasteiger partial charge in [0.25, 0.3) is 0 Å². The molecular formula is C14H17NO5. The molecule has 1 unspecified atom stereocenters. The van der Waals surface area contributed by atoms with E-state index in [-0.39, 0.29) is 24.3 Å². The third-order valence-corrected chi connectivity index (χ3v) is 3.11. The van der Waals surface area contributed by atoms with E-state index in [1.807, 2.05) is 0 Å². The minimum Gasteiger partial charge on any atom is -0.504 e. The summed E-state index contributed by atoms with van der Waals surface area (Å²) in [5.41, 5.74) is -1.01. The molecule has 0 aliphatic heterocycles. The molecule has 0 saturated carbocycles. The van der Waals surface area contributed by atoms with E-state index in [4.69, 9.17) is 0 Å². The summed E-state index contributed by atoms with van der Waals surface area (Å²) < 4.78 is 0. The number of phenolic OH excluding ortho intramolecular Hbond substituents is 2. The number of carboxylic acids is 1. The first-order valence-corrected chi connectivity index (χ1v) is 6.03. The van der Waals surface area contributed by atoms with Crippen molar-refractivity contribution < 1.29 is 24.9 Å². The number of phenols is 2. The highest BCUT2D eigenvalue weighted by Crippen LogP contribution is 2.27. The Balaban J connectivity index is 3.11. The molecule has 0 bridgehead atoms. The lowest BCUT2D eigenvalue weighted by atomic mass is 9.88.